The van der Waals surface area contributed by atoms with Crippen LogP contribution >= 0.6 is 0 Å². The van der Waals surface area contributed by atoms with E-state index in [1.807, 2.05) is 32.0 Å². The molecule has 0 saturated heterocycles. The summed E-state index contributed by atoms with van der Waals surface area (Å²) in [6.07, 6.45) is 2.88. The Morgan fingerprint density at radius 2 is 1.76 bits per heavy atom. The van der Waals surface area contributed by atoms with Crippen LogP contribution < -0.4 is 14.9 Å². The Bertz CT molecular complexity index is 988. The number of hydrazone groups is 1. The van der Waals surface area contributed by atoms with Crippen LogP contribution in [0.5, 0.6) is 11.5 Å². The summed E-state index contributed by atoms with van der Waals surface area (Å²) in [6, 6.07) is 15.6. The Hall–Kier alpha value is -3.87. The van der Waals surface area contributed by atoms with Crippen LogP contribution in [-0.2, 0) is 4.79 Å². The van der Waals surface area contributed by atoms with Gasteiger partial charge in [0, 0.05) is 0 Å². The average Bonchev–Trinajstić information content (AvgIpc) is 3.24. The molecule has 0 fully saturated rings. The highest BCUT2D eigenvalue weighted by molar-refractivity contribution is 5.88. The van der Waals surface area contributed by atoms with Crippen molar-refractivity contribution in [3.8, 4) is 11.5 Å². The molecule has 0 spiro atoms. The SMILES string of the molecule is Cc1cccc(C)c1OCC(=O)N/N=C/c1ccc(OC(=O)c2ccco2)cc1. The van der Waals surface area contributed by atoms with Crippen molar-refractivity contribution in [1.29, 1.82) is 0 Å². The van der Waals surface area contributed by atoms with E-state index in [1.165, 1.54) is 18.5 Å². The van der Waals surface area contributed by atoms with Gasteiger partial charge in [0.25, 0.3) is 5.91 Å². The summed E-state index contributed by atoms with van der Waals surface area (Å²) in [7, 11) is 0. The molecule has 3 rings (SSSR count). The van der Waals surface area contributed by atoms with Crippen LogP contribution in [0.25, 0.3) is 0 Å². The van der Waals surface area contributed by atoms with Gasteiger partial charge >= 0.3 is 5.97 Å². The number of esters is 1. The maximum Gasteiger partial charge on any atom is 0.379 e. The lowest BCUT2D eigenvalue weighted by atomic mass is 10.1. The zero-order valence-electron chi connectivity index (χ0n) is 16.0. The third-order valence-corrected chi connectivity index (χ3v) is 3.97. The van der Waals surface area contributed by atoms with Gasteiger partial charge in [-0.2, -0.15) is 5.10 Å². The molecule has 0 saturated carbocycles. The number of hydrogen-bond acceptors (Lipinski definition) is 6. The average molecular weight is 392 g/mol. The van der Waals surface area contributed by atoms with Crippen LogP contribution in [0.15, 0.2) is 70.4 Å². The molecule has 1 amide bonds. The Balaban J connectivity index is 1.47. The lowest BCUT2D eigenvalue weighted by Gasteiger charge is -2.10. The fourth-order valence-electron chi connectivity index (χ4n) is 2.55. The van der Waals surface area contributed by atoms with Gasteiger partial charge in [-0.3, -0.25) is 4.79 Å². The monoisotopic (exact) mass is 392 g/mol. The number of ether oxygens (including phenoxy) is 2. The summed E-state index contributed by atoms with van der Waals surface area (Å²) in [4.78, 5) is 23.7. The number of amides is 1. The second-order valence-corrected chi connectivity index (χ2v) is 6.24. The van der Waals surface area contributed by atoms with Gasteiger partial charge in [-0.15, -0.1) is 0 Å². The van der Waals surface area contributed by atoms with Crippen LogP contribution in [0.2, 0.25) is 0 Å². The van der Waals surface area contributed by atoms with E-state index in [0.717, 1.165) is 16.7 Å². The summed E-state index contributed by atoms with van der Waals surface area (Å²) in [5.74, 6) is 0.253. The van der Waals surface area contributed by atoms with Gasteiger partial charge in [0.1, 0.15) is 11.5 Å². The molecule has 7 heteroatoms. The van der Waals surface area contributed by atoms with Crippen molar-refractivity contribution in [2.24, 2.45) is 5.10 Å². The number of hydrogen-bond donors (Lipinski definition) is 1. The van der Waals surface area contributed by atoms with E-state index in [1.54, 1.807) is 30.3 Å². The van der Waals surface area contributed by atoms with Crippen molar-refractivity contribution in [3.05, 3.63) is 83.3 Å². The third kappa shape index (κ3) is 5.55. The van der Waals surface area contributed by atoms with Gasteiger partial charge in [-0.05, 0) is 66.9 Å². The van der Waals surface area contributed by atoms with E-state index in [2.05, 4.69) is 10.5 Å². The number of rotatable bonds is 7. The molecule has 0 aliphatic carbocycles. The molecule has 0 aliphatic rings. The lowest BCUT2D eigenvalue weighted by Crippen LogP contribution is -2.25. The van der Waals surface area contributed by atoms with Crippen molar-refractivity contribution in [2.45, 2.75) is 13.8 Å². The molecular weight excluding hydrogens is 372 g/mol. The largest absolute Gasteiger partial charge is 0.483 e. The molecule has 3 aromatic rings. The number of furan rings is 1. The first-order valence-electron chi connectivity index (χ1n) is 8.89. The van der Waals surface area contributed by atoms with E-state index in [9.17, 15) is 9.59 Å². The molecular formula is C22H20N2O5. The van der Waals surface area contributed by atoms with Crippen LogP contribution in [-0.4, -0.2) is 24.7 Å². The van der Waals surface area contributed by atoms with E-state index in [-0.39, 0.29) is 18.3 Å². The smallest absolute Gasteiger partial charge is 0.379 e. The maximum absolute atomic E-state index is 11.9. The lowest BCUT2D eigenvalue weighted by molar-refractivity contribution is -0.123. The normalized spacial score (nSPS) is 10.7. The molecule has 0 atom stereocenters. The Morgan fingerprint density at radius 3 is 2.41 bits per heavy atom. The molecule has 0 bridgehead atoms. The van der Waals surface area contributed by atoms with Gasteiger partial charge < -0.3 is 13.9 Å². The van der Waals surface area contributed by atoms with E-state index in [4.69, 9.17) is 13.9 Å². The van der Waals surface area contributed by atoms with Crippen molar-refractivity contribution < 1.29 is 23.5 Å². The number of aryl methyl sites for hydroxylation is 2. The van der Waals surface area contributed by atoms with Crippen molar-refractivity contribution in [2.75, 3.05) is 6.61 Å². The number of nitrogens with one attached hydrogen (secondary N) is 1. The maximum atomic E-state index is 11.9. The second kappa shape index (κ2) is 9.36. The first-order chi connectivity index (χ1) is 14.0. The van der Waals surface area contributed by atoms with Crippen LogP contribution in [0.4, 0.5) is 0 Å². The highest BCUT2D eigenvalue weighted by atomic mass is 16.5. The van der Waals surface area contributed by atoms with Crippen LogP contribution in [0.3, 0.4) is 0 Å². The number of carbonyl (C=O) groups excluding carboxylic acids is 2. The summed E-state index contributed by atoms with van der Waals surface area (Å²) >= 11 is 0. The zero-order chi connectivity index (χ0) is 20.6. The quantitative estimate of drug-likeness (QED) is 0.287. The topological polar surface area (TPSA) is 90.1 Å². The fraction of sp³-hybridized carbons (Fsp3) is 0.136. The highest BCUT2D eigenvalue weighted by Crippen LogP contribution is 2.22. The molecule has 29 heavy (non-hydrogen) atoms. The third-order valence-electron chi connectivity index (χ3n) is 3.97. The standard InChI is InChI=1S/C22H20N2O5/c1-15-5-3-6-16(2)21(15)28-14-20(25)24-23-13-17-8-10-18(11-9-17)29-22(26)19-7-4-12-27-19/h3-13H,14H2,1-2H3,(H,24,25)/b23-13+. The van der Waals surface area contributed by atoms with Gasteiger partial charge in [-0.25, -0.2) is 10.2 Å². The first kappa shape index (κ1) is 19.9. The minimum Gasteiger partial charge on any atom is -0.483 e. The van der Waals surface area contributed by atoms with Crippen molar-refractivity contribution >= 4 is 18.1 Å². The van der Waals surface area contributed by atoms with Gasteiger partial charge in [0.05, 0.1) is 12.5 Å². The summed E-state index contributed by atoms with van der Waals surface area (Å²) < 4.78 is 15.7. The number of nitrogens with zero attached hydrogens (tertiary/aromatic N) is 1. The molecule has 148 valence electrons. The summed E-state index contributed by atoms with van der Waals surface area (Å²) in [6.45, 7) is 3.71. The van der Waals surface area contributed by atoms with Gasteiger partial charge in [0.2, 0.25) is 5.76 Å². The summed E-state index contributed by atoms with van der Waals surface area (Å²) in [5, 5.41) is 3.90. The van der Waals surface area contributed by atoms with Crippen molar-refractivity contribution in [3.63, 3.8) is 0 Å². The fourth-order valence-corrected chi connectivity index (χ4v) is 2.55. The van der Waals surface area contributed by atoms with Crippen LogP contribution in [0, 0.1) is 13.8 Å². The minimum absolute atomic E-state index is 0.126. The Labute approximate surface area is 167 Å². The molecule has 0 radical (unpaired) electrons. The van der Waals surface area contributed by atoms with Gasteiger partial charge in [-0.1, -0.05) is 18.2 Å². The molecule has 0 unspecified atom stereocenters. The van der Waals surface area contributed by atoms with E-state index >= 15 is 0 Å². The zero-order valence-corrected chi connectivity index (χ0v) is 16.0. The van der Waals surface area contributed by atoms with E-state index in [0.29, 0.717) is 11.5 Å². The first-order valence-corrected chi connectivity index (χ1v) is 8.89. The Kier molecular flexibility index (Phi) is 6.42. The van der Waals surface area contributed by atoms with E-state index < -0.39 is 5.97 Å². The molecule has 1 heterocycles. The molecule has 0 aliphatic heterocycles. The van der Waals surface area contributed by atoms with Gasteiger partial charge in [0.15, 0.2) is 6.61 Å². The van der Waals surface area contributed by atoms with Crippen LogP contribution in [0.1, 0.15) is 27.2 Å². The molecule has 2 aromatic carbocycles. The predicted octanol–water partition coefficient (Wildman–Crippen LogP) is 3.64. The molecule has 1 N–H and O–H groups in total. The molecule has 7 nitrogen and oxygen atoms in total. The number of carbonyl (C=O) groups is 2. The number of para-hydroxylation sites is 1. The molecule has 1 aromatic heterocycles. The predicted molar refractivity (Wildman–Crippen MR) is 107 cm³/mol. The van der Waals surface area contributed by atoms with Crippen molar-refractivity contribution in [1.82, 2.24) is 5.43 Å². The Morgan fingerprint density at radius 1 is 1.03 bits per heavy atom. The highest BCUT2D eigenvalue weighted by Gasteiger charge is 2.11. The number of benzene rings is 2. The summed E-state index contributed by atoms with van der Waals surface area (Å²) in [5.41, 5.74) is 5.07. The minimum atomic E-state index is -0.576. The second-order valence-electron chi connectivity index (χ2n) is 6.24.